The van der Waals surface area contributed by atoms with E-state index in [4.69, 9.17) is 0 Å². The summed E-state index contributed by atoms with van der Waals surface area (Å²) >= 11 is 0. The monoisotopic (exact) mass is 610 g/mol. The average molecular weight is 610 g/mol. The fraction of sp³-hybridized carbons (Fsp3) is 1.00. The third kappa shape index (κ3) is 5.06. The fourth-order valence-electron chi connectivity index (χ4n) is 3.27. The summed E-state index contributed by atoms with van der Waals surface area (Å²) in [6.07, 6.45) is -13.1. The zero-order valence-corrected chi connectivity index (χ0v) is 18.3. The van der Waals surface area contributed by atoms with Gasteiger partial charge in [-0.15, -0.1) is 0 Å². The molecule has 0 aliphatic heterocycles. The van der Waals surface area contributed by atoms with Crippen molar-refractivity contribution in [3.05, 3.63) is 0 Å². The van der Waals surface area contributed by atoms with Gasteiger partial charge in [0.25, 0.3) is 0 Å². The van der Waals surface area contributed by atoms with Crippen molar-refractivity contribution in [2.24, 2.45) is 0 Å². The third-order valence-electron chi connectivity index (χ3n) is 5.62. The molecule has 1 aliphatic rings. The van der Waals surface area contributed by atoms with Gasteiger partial charge in [0.2, 0.25) is 0 Å². The standard InChI is InChI=1S/C16H15F17O3S/c17-9(18,5-6-37(35,36)8-4-2-1-3-7(8)34)10(19,20)11(21,22)12(23,24)13(25,26)14(27,28)15(29,30)16(31,32)33/h7-8,34H,1-6H2/t7-,8-/m0/s1. The van der Waals surface area contributed by atoms with Crippen LogP contribution in [0.5, 0.6) is 0 Å². The predicted molar refractivity (Wildman–Crippen MR) is 87.4 cm³/mol. The van der Waals surface area contributed by atoms with Crippen molar-refractivity contribution in [3.63, 3.8) is 0 Å². The zero-order valence-electron chi connectivity index (χ0n) is 17.5. The minimum Gasteiger partial charge on any atom is -0.392 e. The lowest BCUT2D eigenvalue weighted by atomic mass is 9.88. The molecule has 0 bridgehead atoms. The van der Waals surface area contributed by atoms with Crippen molar-refractivity contribution in [3.8, 4) is 0 Å². The van der Waals surface area contributed by atoms with Gasteiger partial charge < -0.3 is 5.11 Å². The summed E-state index contributed by atoms with van der Waals surface area (Å²) in [4.78, 5) is 0. The van der Waals surface area contributed by atoms with E-state index in [2.05, 4.69) is 0 Å². The lowest BCUT2D eigenvalue weighted by Crippen LogP contribution is -2.74. The van der Waals surface area contributed by atoms with Gasteiger partial charge in [-0.2, -0.15) is 74.6 Å². The molecule has 0 saturated heterocycles. The molecule has 0 unspecified atom stereocenters. The normalized spacial score (nSPS) is 22.3. The number of sulfone groups is 1. The summed E-state index contributed by atoms with van der Waals surface area (Å²) in [6.45, 7) is 0. The van der Waals surface area contributed by atoms with Crippen LogP contribution in [0.1, 0.15) is 32.1 Å². The largest absolute Gasteiger partial charge is 0.460 e. The molecule has 0 aromatic heterocycles. The van der Waals surface area contributed by atoms with E-state index in [9.17, 15) is 88.2 Å². The Hall–Kier alpha value is -1.28. The highest BCUT2D eigenvalue weighted by molar-refractivity contribution is 7.92. The molecule has 1 N–H and O–H groups in total. The molecule has 0 aromatic rings. The first kappa shape index (κ1) is 33.7. The molecule has 1 rings (SSSR count). The van der Waals surface area contributed by atoms with E-state index in [-0.39, 0.29) is 19.3 Å². The van der Waals surface area contributed by atoms with E-state index in [0.29, 0.717) is 0 Å². The third-order valence-corrected chi connectivity index (χ3v) is 7.86. The Morgan fingerprint density at radius 2 is 0.919 bits per heavy atom. The Morgan fingerprint density at radius 3 is 1.30 bits per heavy atom. The second kappa shape index (κ2) is 9.42. The minimum absolute atomic E-state index is 0.0453. The van der Waals surface area contributed by atoms with Gasteiger partial charge in [0.1, 0.15) is 0 Å². The van der Waals surface area contributed by atoms with Gasteiger partial charge in [0.15, 0.2) is 9.84 Å². The van der Waals surface area contributed by atoms with E-state index in [1.807, 2.05) is 0 Å². The number of aliphatic hydroxyl groups excluding tert-OH is 1. The smallest absolute Gasteiger partial charge is 0.392 e. The van der Waals surface area contributed by atoms with Crippen LogP contribution in [0, 0.1) is 0 Å². The summed E-state index contributed by atoms with van der Waals surface area (Å²) in [5.74, 6) is -59.7. The lowest BCUT2D eigenvalue weighted by molar-refractivity contribution is -0.461. The molecule has 2 atom stereocenters. The van der Waals surface area contributed by atoms with Crippen molar-refractivity contribution < 1.29 is 88.2 Å². The summed E-state index contributed by atoms with van der Waals surface area (Å²) in [5.41, 5.74) is 0. The van der Waals surface area contributed by atoms with Crippen molar-refractivity contribution in [2.45, 2.75) is 91.1 Å². The molecular weight excluding hydrogens is 595 g/mol. The number of alkyl halides is 17. The first-order valence-electron chi connectivity index (χ1n) is 9.58. The van der Waals surface area contributed by atoms with Crippen LogP contribution in [0.4, 0.5) is 74.6 Å². The van der Waals surface area contributed by atoms with Crippen LogP contribution < -0.4 is 0 Å². The maximum Gasteiger partial charge on any atom is 0.460 e. The van der Waals surface area contributed by atoms with Gasteiger partial charge in [0, 0.05) is 6.42 Å². The van der Waals surface area contributed by atoms with Gasteiger partial charge in [-0.3, -0.25) is 0 Å². The highest BCUT2D eigenvalue weighted by Crippen LogP contribution is 2.64. The van der Waals surface area contributed by atoms with E-state index >= 15 is 0 Å². The molecule has 0 amide bonds. The maximum absolute atomic E-state index is 13.9. The van der Waals surface area contributed by atoms with Crippen molar-refractivity contribution in [1.29, 1.82) is 0 Å². The van der Waals surface area contributed by atoms with E-state index < -0.39 is 87.4 Å². The molecule has 1 aliphatic carbocycles. The second-order valence-corrected chi connectivity index (χ2v) is 10.5. The zero-order chi connectivity index (χ0) is 29.9. The van der Waals surface area contributed by atoms with Crippen molar-refractivity contribution in [2.75, 3.05) is 5.75 Å². The van der Waals surface area contributed by atoms with Gasteiger partial charge in [-0.1, -0.05) is 12.8 Å². The quantitative estimate of drug-likeness (QED) is 0.304. The number of hydrogen-bond acceptors (Lipinski definition) is 3. The molecule has 21 heteroatoms. The van der Waals surface area contributed by atoms with Gasteiger partial charge in [-0.05, 0) is 12.8 Å². The minimum atomic E-state index is -8.74. The van der Waals surface area contributed by atoms with E-state index in [0.717, 1.165) is 0 Å². The molecular formula is C16H15F17O3S. The molecule has 0 aromatic carbocycles. The van der Waals surface area contributed by atoms with Gasteiger partial charge >= 0.3 is 47.6 Å². The number of halogens is 17. The van der Waals surface area contributed by atoms with Crippen LogP contribution in [-0.2, 0) is 9.84 Å². The Balaban J connectivity index is 3.43. The van der Waals surface area contributed by atoms with Crippen LogP contribution in [0.3, 0.4) is 0 Å². The molecule has 37 heavy (non-hydrogen) atoms. The summed E-state index contributed by atoms with van der Waals surface area (Å²) in [5, 5.41) is 7.67. The molecule has 222 valence electrons. The Bertz CT molecular complexity index is 925. The number of hydrogen-bond donors (Lipinski definition) is 1. The molecule has 0 radical (unpaired) electrons. The van der Waals surface area contributed by atoms with Crippen LogP contribution in [-0.4, -0.2) is 78.3 Å². The molecule has 1 saturated carbocycles. The van der Waals surface area contributed by atoms with E-state index in [1.165, 1.54) is 0 Å². The van der Waals surface area contributed by atoms with Gasteiger partial charge in [-0.25, -0.2) is 8.42 Å². The summed E-state index contributed by atoms with van der Waals surface area (Å²) < 4.78 is 249. The first-order valence-corrected chi connectivity index (χ1v) is 11.3. The highest BCUT2D eigenvalue weighted by atomic mass is 32.2. The Kier molecular flexibility index (Phi) is 8.60. The Morgan fingerprint density at radius 1 is 0.568 bits per heavy atom. The van der Waals surface area contributed by atoms with Crippen LogP contribution in [0.2, 0.25) is 0 Å². The molecule has 3 nitrogen and oxygen atoms in total. The molecule has 1 fully saturated rings. The SMILES string of the molecule is O=S(=O)(CCC(F)(F)C(F)(F)C(F)(F)C(F)(F)C(F)(F)C(F)(F)C(F)(F)C(F)(F)F)[C@H]1CCCC[C@@H]1O. The maximum atomic E-state index is 13.9. The van der Waals surface area contributed by atoms with E-state index in [1.54, 1.807) is 0 Å². The lowest BCUT2D eigenvalue weighted by Gasteiger charge is -2.42. The van der Waals surface area contributed by atoms with Crippen LogP contribution >= 0.6 is 0 Å². The second-order valence-electron chi connectivity index (χ2n) is 8.16. The predicted octanol–water partition coefficient (Wildman–Crippen LogP) is 6.10. The first-order chi connectivity index (χ1) is 16.0. The van der Waals surface area contributed by atoms with Crippen molar-refractivity contribution in [1.82, 2.24) is 0 Å². The molecule has 0 heterocycles. The number of aliphatic hydroxyl groups is 1. The Labute approximate surface area is 195 Å². The van der Waals surface area contributed by atoms with Crippen molar-refractivity contribution >= 4 is 9.84 Å². The fourth-order valence-corrected chi connectivity index (χ4v) is 5.26. The van der Waals surface area contributed by atoms with Gasteiger partial charge in [0.05, 0.1) is 17.1 Å². The average Bonchev–Trinajstić information content (AvgIpc) is 2.71. The number of rotatable bonds is 10. The highest BCUT2D eigenvalue weighted by Gasteiger charge is 2.95. The summed E-state index contributed by atoms with van der Waals surface area (Å²) in [7, 11) is -5.08. The van der Waals surface area contributed by atoms with Crippen LogP contribution in [0.15, 0.2) is 0 Å². The van der Waals surface area contributed by atoms with Crippen LogP contribution in [0.25, 0.3) is 0 Å². The summed E-state index contributed by atoms with van der Waals surface area (Å²) in [6, 6.07) is 0. The topological polar surface area (TPSA) is 54.4 Å². The molecule has 0 spiro atoms.